The Labute approximate surface area is 139 Å². The average molecular weight is 354 g/mol. The zero-order valence-electron chi connectivity index (χ0n) is 13.5. The van der Waals surface area contributed by atoms with Crippen LogP contribution in [-0.4, -0.2) is 50.7 Å². The number of amides is 1. The van der Waals surface area contributed by atoms with Crippen LogP contribution in [0.5, 0.6) is 0 Å². The lowest BCUT2D eigenvalue weighted by atomic mass is 9.67. The maximum atomic E-state index is 12.5. The predicted molar refractivity (Wildman–Crippen MR) is 89.3 cm³/mol. The Hall–Kier alpha value is -0.370. The first-order valence-electron chi connectivity index (χ1n) is 7.70. The van der Waals surface area contributed by atoms with E-state index in [1.54, 1.807) is 14.1 Å². The molecule has 0 radical (unpaired) electrons. The summed E-state index contributed by atoms with van der Waals surface area (Å²) in [6.45, 7) is 1.45. The molecule has 0 heterocycles. The van der Waals surface area contributed by atoms with Crippen LogP contribution in [0.25, 0.3) is 0 Å². The van der Waals surface area contributed by atoms with Crippen molar-refractivity contribution >= 4 is 28.3 Å². The minimum absolute atomic E-state index is 0. The normalized spacial score (nSPS) is 32.7. The fourth-order valence-corrected chi connectivity index (χ4v) is 5.21. The van der Waals surface area contributed by atoms with Gasteiger partial charge in [-0.05, 0) is 44.4 Å². The summed E-state index contributed by atoms with van der Waals surface area (Å²) in [7, 11) is -0.501. The number of halogens is 1. The summed E-state index contributed by atoms with van der Waals surface area (Å²) in [5, 5.41) is -1.05. The lowest BCUT2D eigenvalue weighted by Gasteiger charge is -2.45. The number of hydrogen-bond donors (Lipinski definition) is 2. The van der Waals surface area contributed by atoms with Crippen LogP contribution in [0.15, 0.2) is 0 Å². The van der Waals surface area contributed by atoms with E-state index in [9.17, 15) is 13.2 Å². The number of carbonyl (C=O) groups is 1. The monoisotopic (exact) mass is 353 g/mol. The van der Waals surface area contributed by atoms with Crippen LogP contribution < -0.4 is 10.5 Å². The highest BCUT2D eigenvalue weighted by atomic mass is 35.5. The van der Waals surface area contributed by atoms with Crippen LogP contribution in [0.4, 0.5) is 0 Å². The molecule has 130 valence electrons. The summed E-state index contributed by atoms with van der Waals surface area (Å²) < 4.78 is 27.8. The first-order chi connectivity index (χ1) is 9.72. The van der Waals surface area contributed by atoms with Crippen LogP contribution in [0.3, 0.4) is 0 Å². The highest BCUT2D eigenvalue weighted by Gasteiger charge is 2.42. The first-order valence-corrected chi connectivity index (χ1v) is 9.25. The molecular weight excluding hydrogens is 326 g/mol. The van der Waals surface area contributed by atoms with Crippen molar-refractivity contribution in [2.24, 2.45) is 17.6 Å². The SMILES string of the molecule is CC(C(=O)N(C)C)S(=O)(=O)NC1C2CCCC1CC(N)C2.Cl. The molecule has 2 bridgehead atoms. The van der Waals surface area contributed by atoms with Crippen LogP contribution in [-0.2, 0) is 14.8 Å². The molecule has 2 aliphatic rings. The molecule has 6 nitrogen and oxygen atoms in total. The van der Waals surface area contributed by atoms with Gasteiger partial charge in [-0.15, -0.1) is 12.4 Å². The van der Waals surface area contributed by atoms with Gasteiger partial charge in [0.2, 0.25) is 15.9 Å². The van der Waals surface area contributed by atoms with E-state index < -0.39 is 15.3 Å². The van der Waals surface area contributed by atoms with Crippen LogP contribution in [0, 0.1) is 11.8 Å². The molecule has 22 heavy (non-hydrogen) atoms. The van der Waals surface area contributed by atoms with E-state index in [-0.39, 0.29) is 30.4 Å². The summed E-state index contributed by atoms with van der Waals surface area (Å²) in [5.74, 6) is 0.230. The molecule has 0 aromatic heterocycles. The van der Waals surface area contributed by atoms with Gasteiger partial charge in [-0.1, -0.05) is 6.42 Å². The minimum Gasteiger partial charge on any atom is -0.348 e. The molecule has 2 aliphatic carbocycles. The van der Waals surface area contributed by atoms with Gasteiger partial charge in [0.25, 0.3) is 0 Å². The van der Waals surface area contributed by atoms with Gasteiger partial charge in [0.15, 0.2) is 5.25 Å². The number of nitrogens with one attached hydrogen (secondary N) is 1. The molecular formula is C14H28ClN3O3S. The highest BCUT2D eigenvalue weighted by Crippen LogP contribution is 2.40. The number of fused-ring (bicyclic) bond motifs is 2. The van der Waals surface area contributed by atoms with Crippen molar-refractivity contribution in [2.45, 2.75) is 56.4 Å². The van der Waals surface area contributed by atoms with E-state index in [4.69, 9.17) is 5.73 Å². The Balaban J connectivity index is 0.00000242. The second kappa shape index (κ2) is 7.47. The van der Waals surface area contributed by atoms with Crippen LogP contribution in [0.1, 0.15) is 39.0 Å². The lowest BCUT2D eigenvalue weighted by molar-refractivity contribution is -0.127. The third-order valence-electron chi connectivity index (χ3n) is 4.93. The van der Waals surface area contributed by atoms with Crippen molar-refractivity contribution in [2.75, 3.05) is 14.1 Å². The molecule has 0 saturated heterocycles. The van der Waals surface area contributed by atoms with E-state index in [0.717, 1.165) is 32.1 Å². The van der Waals surface area contributed by atoms with Crippen LogP contribution >= 0.6 is 12.4 Å². The molecule has 0 aromatic rings. The first kappa shape index (κ1) is 19.7. The summed E-state index contributed by atoms with van der Waals surface area (Å²) >= 11 is 0. The van der Waals surface area contributed by atoms with Gasteiger partial charge in [-0.2, -0.15) is 0 Å². The predicted octanol–water partition coefficient (Wildman–Crippen LogP) is 0.710. The summed E-state index contributed by atoms with van der Waals surface area (Å²) in [6, 6.07) is 0.128. The molecule has 2 fully saturated rings. The summed E-state index contributed by atoms with van der Waals surface area (Å²) in [6.07, 6.45) is 4.94. The number of carbonyl (C=O) groups excluding carboxylic acids is 1. The number of rotatable bonds is 4. The second-order valence-corrected chi connectivity index (χ2v) is 8.78. The fraction of sp³-hybridized carbons (Fsp3) is 0.929. The van der Waals surface area contributed by atoms with E-state index >= 15 is 0 Å². The molecule has 3 unspecified atom stereocenters. The van der Waals surface area contributed by atoms with Crippen molar-refractivity contribution in [3.8, 4) is 0 Å². The zero-order chi connectivity index (χ0) is 15.8. The van der Waals surface area contributed by atoms with Crippen LogP contribution in [0.2, 0.25) is 0 Å². The van der Waals surface area contributed by atoms with E-state index in [1.165, 1.54) is 11.8 Å². The van der Waals surface area contributed by atoms with E-state index in [2.05, 4.69) is 4.72 Å². The molecule has 3 N–H and O–H groups in total. The molecule has 0 spiro atoms. The molecule has 2 rings (SSSR count). The largest absolute Gasteiger partial charge is 0.348 e. The van der Waals surface area contributed by atoms with Gasteiger partial charge < -0.3 is 10.6 Å². The summed E-state index contributed by atoms with van der Waals surface area (Å²) in [5.41, 5.74) is 6.06. The van der Waals surface area contributed by atoms with Crippen molar-refractivity contribution in [3.63, 3.8) is 0 Å². The van der Waals surface area contributed by atoms with Crippen molar-refractivity contribution in [1.82, 2.24) is 9.62 Å². The van der Waals surface area contributed by atoms with Crippen molar-refractivity contribution < 1.29 is 13.2 Å². The van der Waals surface area contributed by atoms with Gasteiger partial charge >= 0.3 is 0 Å². The summed E-state index contributed by atoms with van der Waals surface area (Å²) in [4.78, 5) is 13.2. The molecule has 8 heteroatoms. The Morgan fingerprint density at radius 1 is 1.23 bits per heavy atom. The average Bonchev–Trinajstić information content (AvgIpc) is 2.37. The quantitative estimate of drug-likeness (QED) is 0.778. The van der Waals surface area contributed by atoms with Gasteiger partial charge in [-0.25, -0.2) is 13.1 Å². The maximum Gasteiger partial charge on any atom is 0.241 e. The smallest absolute Gasteiger partial charge is 0.241 e. The van der Waals surface area contributed by atoms with Gasteiger partial charge in [-0.3, -0.25) is 4.79 Å². The van der Waals surface area contributed by atoms with Crippen molar-refractivity contribution in [3.05, 3.63) is 0 Å². The Kier molecular flexibility index (Phi) is 6.68. The molecule has 0 aliphatic heterocycles. The van der Waals surface area contributed by atoms with Gasteiger partial charge in [0.1, 0.15) is 0 Å². The van der Waals surface area contributed by atoms with E-state index in [0.29, 0.717) is 11.8 Å². The number of hydrogen-bond acceptors (Lipinski definition) is 4. The second-order valence-electron chi connectivity index (χ2n) is 6.75. The Morgan fingerprint density at radius 3 is 2.18 bits per heavy atom. The van der Waals surface area contributed by atoms with Gasteiger partial charge in [0.05, 0.1) is 0 Å². The third kappa shape index (κ3) is 4.13. The molecule has 2 saturated carbocycles. The fourth-order valence-electron chi connectivity index (χ4n) is 3.77. The third-order valence-corrected chi connectivity index (χ3v) is 6.66. The number of sulfonamides is 1. The van der Waals surface area contributed by atoms with Gasteiger partial charge in [0, 0.05) is 26.2 Å². The number of nitrogens with two attached hydrogens (primary N) is 1. The standard InChI is InChI=1S/C14H27N3O3S.ClH/c1-9(14(18)17(2)3)21(19,20)16-13-10-5-4-6-11(13)8-12(15)7-10;/h9-13,16H,4-8,15H2,1-3H3;1H. The molecule has 3 atom stereocenters. The minimum atomic E-state index is -3.65. The van der Waals surface area contributed by atoms with E-state index in [1.807, 2.05) is 0 Å². The zero-order valence-corrected chi connectivity index (χ0v) is 15.1. The Bertz CT molecular complexity index is 484. The topological polar surface area (TPSA) is 92.5 Å². The maximum absolute atomic E-state index is 12.5. The van der Waals surface area contributed by atoms with Crippen molar-refractivity contribution in [1.29, 1.82) is 0 Å². The highest BCUT2D eigenvalue weighted by molar-refractivity contribution is 7.90. The molecule has 1 amide bonds. The molecule has 0 aromatic carbocycles. The lowest BCUT2D eigenvalue weighted by Crippen LogP contribution is -2.56. The number of nitrogens with zero attached hydrogens (tertiary/aromatic N) is 1. The Morgan fingerprint density at radius 2 is 1.73 bits per heavy atom.